The summed E-state index contributed by atoms with van der Waals surface area (Å²) < 4.78 is 1.89. The van der Waals surface area contributed by atoms with Crippen LogP contribution in [0.2, 0.25) is 0 Å². The molecule has 0 unspecified atom stereocenters. The molecule has 0 aromatic carbocycles. The number of nitrogens with zero attached hydrogens (tertiary/aromatic N) is 5. The minimum atomic E-state index is -0.0670. The molecule has 0 radical (unpaired) electrons. The standard InChI is InChI=1S/C20H22N6O/c1-3-8-26-12-16(14(2)24-26)11-25-9-6-18-17(13-25)20(27)23-19(22-18)15-5-4-7-21-10-15/h3-5,7,10,12H,1,6,8-9,11,13H2,2H3,(H,22,23,27). The molecule has 1 N–H and O–H groups in total. The van der Waals surface area contributed by atoms with Crippen LogP contribution in [0.15, 0.2) is 48.2 Å². The monoisotopic (exact) mass is 362 g/mol. The van der Waals surface area contributed by atoms with Crippen LogP contribution in [0, 0.1) is 6.92 Å². The average molecular weight is 362 g/mol. The molecule has 0 saturated heterocycles. The van der Waals surface area contributed by atoms with Crippen molar-refractivity contribution in [3.8, 4) is 11.4 Å². The van der Waals surface area contributed by atoms with Crippen LogP contribution in [0.3, 0.4) is 0 Å². The number of aryl methyl sites for hydroxylation is 1. The topological polar surface area (TPSA) is 79.7 Å². The second kappa shape index (κ2) is 7.28. The average Bonchev–Trinajstić information content (AvgIpc) is 3.02. The van der Waals surface area contributed by atoms with Gasteiger partial charge in [-0.1, -0.05) is 6.08 Å². The molecule has 3 aromatic heterocycles. The highest BCUT2D eigenvalue weighted by Crippen LogP contribution is 2.20. The number of aromatic nitrogens is 5. The van der Waals surface area contributed by atoms with Crippen molar-refractivity contribution in [1.29, 1.82) is 0 Å². The maximum atomic E-state index is 12.6. The van der Waals surface area contributed by atoms with Gasteiger partial charge in [-0.15, -0.1) is 6.58 Å². The van der Waals surface area contributed by atoms with Gasteiger partial charge in [0, 0.05) is 55.8 Å². The van der Waals surface area contributed by atoms with E-state index in [0.29, 0.717) is 18.9 Å². The summed E-state index contributed by atoms with van der Waals surface area (Å²) in [6, 6.07) is 3.74. The van der Waals surface area contributed by atoms with Crippen molar-refractivity contribution in [3.05, 3.63) is 76.2 Å². The molecule has 0 atom stereocenters. The van der Waals surface area contributed by atoms with Crippen molar-refractivity contribution in [1.82, 2.24) is 29.6 Å². The highest BCUT2D eigenvalue weighted by Gasteiger charge is 2.22. The van der Waals surface area contributed by atoms with E-state index in [-0.39, 0.29) is 5.56 Å². The van der Waals surface area contributed by atoms with Gasteiger partial charge in [0.15, 0.2) is 0 Å². The molecule has 0 spiro atoms. The van der Waals surface area contributed by atoms with Gasteiger partial charge in [0.25, 0.3) is 5.56 Å². The minimum Gasteiger partial charge on any atom is -0.306 e. The fourth-order valence-electron chi connectivity index (χ4n) is 3.44. The van der Waals surface area contributed by atoms with Crippen LogP contribution >= 0.6 is 0 Å². The third kappa shape index (κ3) is 3.59. The van der Waals surface area contributed by atoms with Gasteiger partial charge in [-0.2, -0.15) is 5.10 Å². The number of nitrogens with one attached hydrogen (secondary N) is 1. The van der Waals surface area contributed by atoms with Gasteiger partial charge in [-0.25, -0.2) is 4.98 Å². The Labute approximate surface area is 157 Å². The van der Waals surface area contributed by atoms with Crippen molar-refractivity contribution < 1.29 is 0 Å². The first-order valence-corrected chi connectivity index (χ1v) is 9.02. The van der Waals surface area contributed by atoms with E-state index >= 15 is 0 Å². The normalized spacial score (nSPS) is 14.1. The number of pyridine rings is 1. The Morgan fingerprint density at radius 2 is 2.30 bits per heavy atom. The first kappa shape index (κ1) is 17.4. The molecule has 0 amide bonds. The molecular formula is C20H22N6O. The van der Waals surface area contributed by atoms with Gasteiger partial charge in [-0.05, 0) is 19.1 Å². The Kier molecular flexibility index (Phi) is 4.68. The van der Waals surface area contributed by atoms with Crippen LogP contribution in [0.25, 0.3) is 11.4 Å². The van der Waals surface area contributed by atoms with Gasteiger partial charge in [0.1, 0.15) is 5.82 Å². The van der Waals surface area contributed by atoms with E-state index in [1.54, 1.807) is 12.4 Å². The van der Waals surface area contributed by atoms with Crippen molar-refractivity contribution in [2.75, 3.05) is 6.54 Å². The number of hydrogen-bond acceptors (Lipinski definition) is 5. The van der Waals surface area contributed by atoms with Crippen LogP contribution in [0.4, 0.5) is 0 Å². The quantitative estimate of drug-likeness (QED) is 0.703. The number of fused-ring (bicyclic) bond motifs is 1. The van der Waals surface area contributed by atoms with Gasteiger partial charge >= 0.3 is 0 Å². The number of H-pyrrole nitrogens is 1. The fraction of sp³-hybridized carbons (Fsp3) is 0.300. The van der Waals surface area contributed by atoms with Crippen LogP contribution in [0.5, 0.6) is 0 Å². The summed E-state index contributed by atoms with van der Waals surface area (Å²) in [4.78, 5) is 26.6. The Hall–Kier alpha value is -3.06. The Morgan fingerprint density at radius 3 is 3.07 bits per heavy atom. The van der Waals surface area contributed by atoms with Gasteiger partial charge in [0.2, 0.25) is 0 Å². The molecule has 3 aromatic rings. The molecule has 4 heterocycles. The highest BCUT2D eigenvalue weighted by molar-refractivity contribution is 5.53. The molecule has 138 valence electrons. The summed E-state index contributed by atoms with van der Waals surface area (Å²) in [7, 11) is 0. The highest BCUT2D eigenvalue weighted by atomic mass is 16.1. The summed E-state index contributed by atoms with van der Waals surface area (Å²) in [6.07, 6.45) is 8.06. The van der Waals surface area contributed by atoms with Gasteiger partial charge < -0.3 is 4.98 Å². The van der Waals surface area contributed by atoms with E-state index in [9.17, 15) is 4.79 Å². The van der Waals surface area contributed by atoms with Crippen molar-refractivity contribution in [2.45, 2.75) is 33.0 Å². The van der Waals surface area contributed by atoms with Crippen LogP contribution < -0.4 is 5.56 Å². The molecule has 27 heavy (non-hydrogen) atoms. The minimum absolute atomic E-state index is 0.0670. The molecule has 1 aliphatic heterocycles. The third-order valence-corrected chi connectivity index (χ3v) is 4.84. The maximum Gasteiger partial charge on any atom is 0.255 e. The largest absolute Gasteiger partial charge is 0.306 e. The Morgan fingerprint density at radius 1 is 1.41 bits per heavy atom. The predicted molar refractivity (Wildman–Crippen MR) is 103 cm³/mol. The molecular weight excluding hydrogens is 340 g/mol. The molecule has 4 rings (SSSR count). The van der Waals surface area contributed by atoms with Crippen molar-refractivity contribution in [2.24, 2.45) is 0 Å². The summed E-state index contributed by atoms with van der Waals surface area (Å²) in [6.45, 7) is 8.70. The fourth-order valence-corrected chi connectivity index (χ4v) is 3.44. The lowest BCUT2D eigenvalue weighted by atomic mass is 10.1. The van der Waals surface area contributed by atoms with Gasteiger partial charge in [-0.3, -0.25) is 19.4 Å². The number of hydrogen-bond donors (Lipinski definition) is 1. The molecule has 7 heteroatoms. The zero-order valence-electron chi connectivity index (χ0n) is 15.4. The number of aromatic amines is 1. The summed E-state index contributed by atoms with van der Waals surface area (Å²) in [5.41, 5.74) is 4.59. The van der Waals surface area contributed by atoms with E-state index < -0.39 is 0 Å². The maximum absolute atomic E-state index is 12.6. The first-order valence-electron chi connectivity index (χ1n) is 9.02. The van der Waals surface area contributed by atoms with E-state index in [4.69, 9.17) is 0 Å². The summed E-state index contributed by atoms with van der Waals surface area (Å²) in [5.74, 6) is 0.585. The molecule has 0 bridgehead atoms. The van der Waals surface area contributed by atoms with Gasteiger partial charge in [0.05, 0.1) is 23.5 Å². The molecule has 7 nitrogen and oxygen atoms in total. The van der Waals surface area contributed by atoms with Crippen LogP contribution in [-0.4, -0.2) is 36.2 Å². The van der Waals surface area contributed by atoms with E-state index in [0.717, 1.165) is 42.0 Å². The smallest absolute Gasteiger partial charge is 0.255 e. The lowest BCUT2D eigenvalue weighted by molar-refractivity contribution is 0.241. The lowest BCUT2D eigenvalue weighted by Gasteiger charge is -2.27. The number of rotatable bonds is 5. The molecule has 1 aliphatic rings. The zero-order valence-corrected chi connectivity index (χ0v) is 15.4. The molecule has 0 aliphatic carbocycles. The second-order valence-corrected chi connectivity index (χ2v) is 6.79. The van der Waals surface area contributed by atoms with E-state index in [1.807, 2.05) is 29.8 Å². The SMILES string of the molecule is C=CCn1cc(CN2CCc3nc(-c4cccnc4)[nH]c(=O)c3C2)c(C)n1. The first-order chi connectivity index (χ1) is 13.1. The summed E-state index contributed by atoms with van der Waals surface area (Å²) >= 11 is 0. The van der Waals surface area contributed by atoms with Crippen LogP contribution in [-0.2, 0) is 26.1 Å². The Bertz CT molecular complexity index is 1020. The molecule has 0 saturated carbocycles. The lowest BCUT2D eigenvalue weighted by Crippen LogP contribution is -2.35. The zero-order chi connectivity index (χ0) is 18.8. The number of allylic oxidation sites excluding steroid dienone is 1. The van der Waals surface area contributed by atoms with E-state index in [2.05, 4.69) is 37.7 Å². The van der Waals surface area contributed by atoms with Crippen LogP contribution in [0.1, 0.15) is 22.5 Å². The molecule has 0 fully saturated rings. The van der Waals surface area contributed by atoms with E-state index in [1.165, 1.54) is 5.56 Å². The van der Waals surface area contributed by atoms with Crippen molar-refractivity contribution in [3.63, 3.8) is 0 Å². The van der Waals surface area contributed by atoms with Crippen molar-refractivity contribution >= 4 is 0 Å². The second-order valence-electron chi connectivity index (χ2n) is 6.79. The Balaban J connectivity index is 1.55. The third-order valence-electron chi connectivity index (χ3n) is 4.84. The predicted octanol–water partition coefficient (Wildman–Crippen LogP) is 2.08. The summed E-state index contributed by atoms with van der Waals surface area (Å²) in [5, 5.41) is 4.51.